The van der Waals surface area contributed by atoms with Crippen LogP contribution in [-0.2, 0) is 19.1 Å². The Bertz CT molecular complexity index is 840. The molecular weight excluding hydrogens is 538 g/mol. The summed E-state index contributed by atoms with van der Waals surface area (Å²) in [6.45, 7) is 4.02. The number of hydrogen-bond donors (Lipinski definition) is 2. The Morgan fingerprint density at radius 1 is 0.628 bits per heavy atom. The third-order valence-electron chi connectivity index (χ3n) is 6.94. The first-order chi connectivity index (χ1) is 21.0. The van der Waals surface area contributed by atoms with Gasteiger partial charge in [0.15, 0.2) is 0 Å². The minimum Gasteiger partial charge on any atom is -0.480 e. The summed E-state index contributed by atoms with van der Waals surface area (Å²) in [4.78, 5) is 34.9. The quantitative estimate of drug-likeness (QED) is 0.0507. The predicted molar refractivity (Wildman–Crippen MR) is 180 cm³/mol. The van der Waals surface area contributed by atoms with Gasteiger partial charge in [0.25, 0.3) is 0 Å². The fourth-order valence-corrected chi connectivity index (χ4v) is 4.46. The first kappa shape index (κ1) is 40.1. The van der Waals surface area contributed by atoms with E-state index in [4.69, 9.17) is 9.84 Å². The van der Waals surface area contributed by atoms with Crippen LogP contribution in [0, 0.1) is 0 Å². The van der Waals surface area contributed by atoms with Crippen LogP contribution in [0.4, 0.5) is 0 Å². The molecule has 0 aromatic carbocycles. The van der Waals surface area contributed by atoms with Crippen molar-refractivity contribution in [1.82, 2.24) is 5.32 Å². The fraction of sp³-hybridized carbons (Fsp3) is 0.649. The Morgan fingerprint density at radius 3 is 1.65 bits per heavy atom. The van der Waals surface area contributed by atoms with Gasteiger partial charge in [0.05, 0.1) is 0 Å². The molecule has 0 aromatic heterocycles. The van der Waals surface area contributed by atoms with Gasteiger partial charge in [-0.2, -0.15) is 0 Å². The molecule has 0 aliphatic rings. The Hall–Kier alpha value is -2.89. The van der Waals surface area contributed by atoms with Crippen molar-refractivity contribution < 1.29 is 24.2 Å². The molecule has 0 saturated heterocycles. The summed E-state index contributed by atoms with van der Waals surface area (Å²) in [6.07, 6.45) is 40.6. The summed E-state index contributed by atoms with van der Waals surface area (Å²) in [7, 11) is 0. The molecule has 0 rings (SSSR count). The van der Waals surface area contributed by atoms with Gasteiger partial charge in [0, 0.05) is 12.8 Å². The zero-order valence-electron chi connectivity index (χ0n) is 27.3. The van der Waals surface area contributed by atoms with E-state index in [1.54, 1.807) is 0 Å². The van der Waals surface area contributed by atoms with E-state index in [-0.39, 0.29) is 30.9 Å². The second-order valence-corrected chi connectivity index (χ2v) is 11.0. The maximum atomic E-state index is 12.5. The Balaban J connectivity index is 4.43. The van der Waals surface area contributed by atoms with Crippen LogP contribution < -0.4 is 5.32 Å². The zero-order chi connectivity index (χ0) is 31.6. The van der Waals surface area contributed by atoms with E-state index < -0.39 is 5.97 Å². The van der Waals surface area contributed by atoms with Crippen LogP contribution in [0.25, 0.3) is 0 Å². The van der Waals surface area contributed by atoms with Crippen LogP contribution in [-0.4, -0.2) is 35.6 Å². The second-order valence-electron chi connectivity index (χ2n) is 11.0. The van der Waals surface area contributed by atoms with Crippen molar-refractivity contribution in [3.05, 3.63) is 60.8 Å². The maximum Gasteiger partial charge on any atom is 0.322 e. The molecule has 43 heavy (non-hydrogen) atoms. The lowest BCUT2D eigenvalue weighted by Crippen LogP contribution is -2.28. The molecule has 0 aliphatic heterocycles. The minimum absolute atomic E-state index is 0.162. The standard InChI is InChI=1S/C37H61NO5/c1-3-5-7-9-11-13-15-16-17-18-19-21-23-25-29-34(30-27-28-31-35(39)38-33-36(40)41)43-37(42)32-26-24-22-20-14-12-10-8-6-4-2/h5,7,11,13,16-17,19,21,25,29,34H,3-4,6,8-10,12,14-15,18,20,22-24,26-28,30-33H2,1-2H3,(H,38,39)(H,40,41)/b7-5-,13-11-,17-16-,21-19-,29-25-. The predicted octanol–water partition coefficient (Wildman–Crippen LogP) is 9.72. The van der Waals surface area contributed by atoms with E-state index in [9.17, 15) is 14.4 Å². The molecule has 0 radical (unpaired) electrons. The molecule has 0 aromatic rings. The van der Waals surface area contributed by atoms with Gasteiger partial charge >= 0.3 is 11.9 Å². The number of carbonyl (C=O) groups is 3. The van der Waals surface area contributed by atoms with E-state index in [0.717, 1.165) is 44.9 Å². The summed E-state index contributed by atoms with van der Waals surface area (Å²) in [5.74, 6) is -1.49. The molecule has 0 saturated carbocycles. The highest BCUT2D eigenvalue weighted by Gasteiger charge is 2.12. The normalized spacial score (nSPS) is 12.8. The second kappa shape index (κ2) is 32.0. The van der Waals surface area contributed by atoms with Crippen LogP contribution in [0.2, 0.25) is 0 Å². The SMILES string of the molecule is CC/C=C\C/C=C\C/C=C\C/C=C\C/C=C\C(CCCCC(=O)NCC(=O)O)OC(=O)CCCCCCCCCCCC. The van der Waals surface area contributed by atoms with Crippen molar-refractivity contribution in [3.63, 3.8) is 0 Å². The van der Waals surface area contributed by atoms with Crippen LogP contribution >= 0.6 is 0 Å². The third-order valence-corrected chi connectivity index (χ3v) is 6.94. The number of carbonyl (C=O) groups excluding carboxylic acids is 2. The number of unbranched alkanes of at least 4 members (excludes halogenated alkanes) is 10. The molecule has 0 spiro atoms. The van der Waals surface area contributed by atoms with E-state index in [1.165, 1.54) is 51.4 Å². The van der Waals surface area contributed by atoms with Crippen LogP contribution in [0.5, 0.6) is 0 Å². The number of esters is 1. The Morgan fingerprint density at radius 2 is 1.12 bits per heavy atom. The number of rotatable bonds is 29. The lowest BCUT2D eigenvalue weighted by atomic mass is 10.1. The molecule has 1 unspecified atom stereocenters. The highest BCUT2D eigenvalue weighted by molar-refractivity contribution is 5.80. The van der Waals surface area contributed by atoms with Crippen LogP contribution in [0.3, 0.4) is 0 Å². The molecule has 0 fully saturated rings. The number of nitrogens with one attached hydrogen (secondary N) is 1. The van der Waals surface area contributed by atoms with E-state index in [0.29, 0.717) is 25.7 Å². The number of carboxylic acid groups (broad SMARTS) is 1. The third kappa shape index (κ3) is 31.9. The lowest BCUT2D eigenvalue weighted by molar-refractivity contribution is -0.147. The monoisotopic (exact) mass is 599 g/mol. The van der Waals surface area contributed by atoms with Crippen molar-refractivity contribution >= 4 is 17.8 Å². The van der Waals surface area contributed by atoms with Crippen LogP contribution in [0.1, 0.15) is 142 Å². The van der Waals surface area contributed by atoms with Gasteiger partial charge in [-0.05, 0) is 63.9 Å². The largest absolute Gasteiger partial charge is 0.480 e. The number of hydrogen-bond acceptors (Lipinski definition) is 4. The highest BCUT2D eigenvalue weighted by atomic mass is 16.5. The topological polar surface area (TPSA) is 92.7 Å². The number of carboxylic acids is 1. The van der Waals surface area contributed by atoms with E-state index in [2.05, 4.69) is 67.8 Å². The molecule has 1 atom stereocenters. The van der Waals surface area contributed by atoms with Crippen LogP contribution in [0.15, 0.2) is 60.8 Å². The molecule has 2 N–H and O–H groups in total. The summed E-state index contributed by atoms with van der Waals surface area (Å²) in [5, 5.41) is 11.1. The molecule has 6 heteroatoms. The average molecular weight is 600 g/mol. The van der Waals surface area contributed by atoms with Gasteiger partial charge in [-0.25, -0.2) is 0 Å². The first-order valence-corrected chi connectivity index (χ1v) is 16.9. The van der Waals surface area contributed by atoms with Gasteiger partial charge in [-0.15, -0.1) is 0 Å². The number of allylic oxidation sites excluding steroid dienone is 9. The molecule has 0 heterocycles. The Labute approximate surface area is 262 Å². The first-order valence-electron chi connectivity index (χ1n) is 16.9. The van der Waals surface area contributed by atoms with Gasteiger partial charge < -0.3 is 15.2 Å². The van der Waals surface area contributed by atoms with E-state index in [1.807, 2.05) is 12.2 Å². The minimum atomic E-state index is -1.05. The summed E-state index contributed by atoms with van der Waals surface area (Å²) in [5.41, 5.74) is 0. The van der Waals surface area contributed by atoms with Gasteiger partial charge in [-0.1, -0.05) is 126 Å². The van der Waals surface area contributed by atoms with E-state index >= 15 is 0 Å². The van der Waals surface area contributed by atoms with Gasteiger partial charge in [0.1, 0.15) is 12.6 Å². The van der Waals surface area contributed by atoms with Crippen molar-refractivity contribution in [1.29, 1.82) is 0 Å². The summed E-state index contributed by atoms with van der Waals surface area (Å²) in [6, 6.07) is 0. The number of amides is 1. The number of ether oxygens (including phenoxy) is 1. The molecular formula is C37H61NO5. The lowest BCUT2D eigenvalue weighted by Gasteiger charge is -2.14. The molecule has 0 bridgehead atoms. The zero-order valence-corrected chi connectivity index (χ0v) is 27.3. The smallest absolute Gasteiger partial charge is 0.322 e. The fourth-order valence-electron chi connectivity index (χ4n) is 4.46. The average Bonchev–Trinajstić information content (AvgIpc) is 2.99. The summed E-state index contributed by atoms with van der Waals surface area (Å²) >= 11 is 0. The van der Waals surface area contributed by atoms with Crippen molar-refractivity contribution in [2.45, 2.75) is 148 Å². The van der Waals surface area contributed by atoms with Gasteiger partial charge in [0.2, 0.25) is 5.91 Å². The number of aliphatic carboxylic acids is 1. The van der Waals surface area contributed by atoms with Crippen molar-refractivity contribution in [3.8, 4) is 0 Å². The maximum absolute atomic E-state index is 12.5. The summed E-state index contributed by atoms with van der Waals surface area (Å²) < 4.78 is 5.78. The molecule has 244 valence electrons. The highest BCUT2D eigenvalue weighted by Crippen LogP contribution is 2.14. The molecule has 1 amide bonds. The van der Waals surface area contributed by atoms with Gasteiger partial charge in [-0.3, -0.25) is 14.4 Å². The van der Waals surface area contributed by atoms with Crippen molar-refractivity contribution in [2.24, 2.45) is 0 Å². The van der Waals surface area contributed by atoms with Crippen molar-refractivity contribution in [2.75, 3.05) is 6.54 Å². The molecule has 0 aliphatic carbocycles. The molecule has 6 nitrogen and oxygen atoms in total. The Kier molecular flexibility index (Phi) is 29.9.